The van der Waals surface area contributed by atoms with E-state index in [1.54, 1.807) is 0 Å². The van der Waals surface area contributed by atoms with Gasteiger partial charge >= 0.3 is 0 Å². The topological polar surface area (TPSA) is 58.9 Å². The highest BCUT2D eigenvalue weighted by molar-refractivity contribution is 5.93. The second-order valence-corrected chi connectivity index (χ2v) is 4.55. The molecule has 1 aromatic heterocycles. The monoisotopic (exact) mass is 228 g/mol. The van der Waals surface area contributed by atoms with Gasteiger partial charge in [0.05, 0.1) is 0 Å². The van der Waals surface area contributed by atoms with Crippen molar-refractivity contribution in [3.8, 4) is 0 Å². The summed E-state index contributed by atoms with van der Waals surface area (Å²) in [7, 11) is 0. The van der Waals surface area contributed by atoms with Crippen molar-refractivity contribution < 1.29 is 0 Å². The Kier molecular flexibility index (Phi) is 2.76. The zero-order chi connectivity index (χ0) is 12.6. The van der Waals surface area contributed by atoms with Gasteiger partial charge in [-0.2, -0.15) is 0 Å². The number of H-pyrrole nitrogens is 1. The number of anilines is 1. The summed E-state index contributed by atoms with van der Waals surface area (Å²) in [6.07, 6.45) is 1.95. The van der Waals surface area contributed by atoms with Crippen LogP contribution in [0.5, 0.6) is 0 Å². The molecule has 2 aromatic rings. The van der Waals surface area contributed by atoms with Crippen LogP contribution in [0.3, 0.4) is 0 Å². The number of aromatic amines is 1. The van der Waals surface area contributed by atoms with Gasteiger partial charge in [-0.05, 0) is 32.4 Å². The van der Waals surface area contributed by atoms with Crippen molar-refractivity contribution in [2.75, 3.05) is 5.73 Å². The number of aryl methyl sites for hydroxylation is 1. The summed E-state index contributed by atoms with van der Waals surface area (Å²) in [5, 5.41) is 0.980. The average Bonchev–Trinajstić information content (AvgIpc) is 2.24. The third-order valence-electron chi connectivity index (χ3n) is 2.68. The van der Waals surface area contributed by atoms with Gasteiger partial charge in [0.25, 0.3) is 5.56 Å². The minimum Gasteiger partial charge on any atom is -0.394 e. The zero-order valence-corrected chi connectivity index (χ0v) is 10.3. The molecule has 0 radical (unpaired) electrons. The molecule has 17 heavy (non-hydrogen) atoms. The third-order valence-corrected chi connectivity index (χ3v) is 2.68. The molecule has 0 saturated heterocycles. The van der Waals surface area contributed by atoms with Gasteiger partial charge in [0.15, 0.2) is 0 Å². The van der Waals surface area contributed by atoms with E-state index in [0.717, 1.165) is 27.6 Å². The summed E-state index contributed by atoms with van der Waals surface area (Å²) in [6, 6.07) is 5.96. The first-order valence-electron chi connectivity index (χ1n) is 5.56. The van der Waals surface area contributed by atoms with Crippen molar-refractivity contribution in [3.63, 3.8) is 0 Å². The van der Waals surface area contributed by atoms with Gasteiger partial charge in [-0.15, -0.1) is 0 Å². The lowest BCUT2D eigenvalue weighted by molar-refractivity contribution is 1.29. The van der Waals surface area contributed by atoms with E-state index < -0.39 is 0 Å². The van der Waals surface area contributed by atoms with Gasteiger partial charge in [0.2, 0.25) is 0 Å². The maximum absolute atomic E-state index is 11.7. The van der Waals surface area contributed by atoms with Crippen LogP contribution in [0.2, 0.25) is 0 Å². The summed E-state index contributed by atoms with van der Waals surface area (Å²) < 4.78 is 0. The predicted octanol–water partition coefficient (Wildman–Crippen LogP) is 2.84. The van der Waals surface area contributed by atoms with E-state index in [1.165, 1.54) is 0 Å². The number of nitrogens with one attached hydrogen (secondary N) is 1. The number of nitrogen functional groups attached to an aromatic ring is 1. The minimum absolute atomic E-state index is 0.226. The standard InChI is InChI=1S/C14H16N2O/c1-8(2)6-11-10-5-4-9(3)7-12(10)16-14(17)13(11)15/h4-7H,15H2,1-3H3,(H,16,17). The van der Waals surface area contributed by atoms with E-state index in [4.69, 9.17) is 5.73 Å². The zero-order valence-electron chi connectivity index (χ0n) is 10.3. The van der Waals surface area contributed by atoms with E-state index in [1.807, 2.05) is 45.0 Å². The third kappa shape index (κ3) is 2.09. The molecule has 3 N–H and O–H groups in total. The largest absolute Gasteiger partial charge is 0.394 e. The second kappa shape index (κ2) is 4.09. The van der Waals surface area contributed by atoms with Gasteiger partial charge < -0.3 is 10.7 Å². The number of hydrogen-bond donors (Lipinski definition) is 2. The van der Waals surface area contributed by atoms with Gasteiger partial charge in [-0.1, -0.05) is 23.8 Å². The summed E-state index contributed by atoms with van der Waals surface area (Å²) in [6.45, 7) is 5.97. The Balaban J connectivity index is 2.92. The number of rotatable bonds is 1. The Hall–Kier alpha value is -2.03. The normalized spacial score (nSPS) is 10.5. The van der Waals surface area contributed by atoms with Crippen LogP contribution in [0.1, 0.15) is 25.0 Å². The summed E-state index contributed by atoms with van der Waals surface area (Å²) in [4.78, 5) is 14.5. The molecule has 0 saturated carbocycles. The van der Waals surface area contributed by atoms with Gasteiger partial charge in [-0.25, -0.2) is 0 Å². The average molecular weight is 228 g/mol. The van der Waals surface area contributed by atoms with Crippen LogP contribution < -0.4 is 11.3 Å². The molecule has 0 atom stereocenters. The highest BCUT2D eigenvalue weighted by atomic mass is 16.1. The summed E-state index contributed by atoms with van der Waals surface area (Å²) in [5.74, 6) is 0. The van der Waals surface area contributed by atoms with Crippen LogP contribution >= 0.6 is 0 Å². The van der Waals surface area contributed by atoms with Gasteiger partial charge in [-0.3, -0.25) is 4.79 Å². The molecule has 0 amide bonds. The molecule has 0 spiro atoms. The maximum atomic E-state index is 11.7. The molecule has 3 heteroatoms. The predicted molar refractivity (Wildman–Crippen MR) is 73.0 cm³/mol. The molecular formula is C14H16N2O. The lowest BCUT2D eigenvalue weighted by Crippen LogP contribution is -2.13. The molecule has 1 heterocycles. The molecule has 1 aromatic carbocycles. The number of hydrogen-bond acceptors (Lipinski definition) is 2. The van der Waals surface area contributed by atoms with Crippen LogP contribution in [0.4, 0.5) is 5.69 Å². The number of aromatic nitrogens is 1. The summed E-state index contributed by atoms with van der Waals surface area (Å²) in [5.41, 5.74) is 9.77. The van der Waals surface area contributed by atoms with Crippen LogP contribution in [-0.2, 0) is 0 Å². The number of pyridine rings is 1. The van der Waals surface area contributed by atoms with E-state index in [0.29, 0.717) is 0 Å². The summed E-state index contributed by atoms with van der Waals surface area (Å²) >= 11 is 0. The molecule has 0 fully saturated rings. The van der Waals surface area contributed by atoms with Crippen LogP contribution in [0.25, 0.3) is 17.0 Å². The smallest absolute Gasteiger partial charge is 0.272 e. The Morgan fingerprint density at radius 3 is 2.71 bits per heavy atom. The van der Waals surface area contributed by atoms with Crippen molar-refractivity contribution in [1.29, 1.82) is 0 Å². The Morgan fingerprint density at radius 1 is 1.35 bits per heavy atom. The van der Waals surface area contributed by atoms with Crippen LogP contribution in [0.15, 0.2) is 28.6 Å². The molecular weight excluding hydrogens is 212 g/mol. The molecule has 0 aliphatic heterocycles. The minimum atomic E-state index is -0.226. The van der Waals surface area contributed by atoms with Crippen molar-refractivity contribution in [2.45, 2.75) is 20.8 Å². The highest BCUT2D eigenvalue weighted by Gasteiger charge is 2.07. The fraction of sp³-hybridized carbons (Fsp3) is 0.214. The van der Waals surface area contributed by atoms with Crippen molar-refractivity contribution in [2.24, 2.45) is 0 Å². The Labute approximate surface area is 100.0 Å². The van der Waals surface area contributed by atoms with Gasteiger partial charge in [0.1, 0.15) is 5.69 Å². The Bertz CT molecular complexity index is 662. The maximum Gasteiger partial charge on any atom is 0.272 e. The van der Waals surface area contributed by atoms with E-state index in [2.05, 4.69) is 4.98 Å². The molecule has 0 unspecified atom stereocenters. The van der Waals surface area contributed by atoms with Gasteiger partial charge in [0, 0.05) is 16.5 Å². The number of nitrogens with two attached hydrogens (primary N) is 1. The van der Waals surface area contributed by atoms with E-state index in [-0.39, 0.29) is 11.2 Å². The van der Waals surface area contributed by atoms with Crippen LogP contribution in [-0.4, -0.2) is 4.98 Å². The van der Waals surface area contributed by atoms with E-state index in [9.17, 15) is 4.79 Å². The number of benzene rings is 1. The first-order chi connectivity index (χ1) is 7.99. The molecule has 0 aliphatic carbocycles. The van der Waals surface area contributed by atoms with E-state index >= 15 is 0 Å². The Morgan fingerprint density at radius 2 is 2.06 bits per heavy atom. The molecule has 0 bridgehead atoms. The number of allylic oxidation sites excluding steroid dienone is 1. The lowest BCUT2D eigenvalue weighted by atomic mass is 10.0. The highest BCUT2D eigenvalue weighted by Crippen LogP contribution is 2.23. The first kappa shape index (κ1) is 11.5. The van der Waals surface area contributed by atoms with Crippen molar-refractivity contribution in [1.82, 2.24) is 4.98 Å². The van der Waals surface area contributed by atoms with Crippen molar-refractivity contribution >= 4 is 22.7 Å². The first-order valence-corrected chi connectivity index (χ1v) is 5.56. The molecule has 88 valence electrons. The fourth-order valence-electron chi connectivity index (χ4n) is 1.90. The quantitative estimate of drug-likeness (QED) is 0.788. The molecule has 2 rings (SSSR count). The molecule has 3 nitrogen and oxygen atoms in total. The van der Waals surface area contributed by atoms with Crippen molar-refractivity contribution in [3.05, 3.63) is 45.3 Å². The SMILES string of the molecule is CC(C)=Cc1c(N)c(=O)[nH]c2cc(C)ccc12. The molecule has 0 aliphatic rings. The lowest BCUT2D eigenvalue weighted by Gasteiger charge is -2.07. The second-order valence-electron chi connectivity index (χ2n) is 4.55. The fourth-order valence-corrected chi connectivity index (χ4v) is 1.90. The van der Waals surface area contributed by atoms with Crippen LogP contribution in [0, 0.1) is 6.92 Å². The number of fused-ring (bicyclic) bond motifs is 1.